The summed E-state index contributed by atoms with van der Waals surface area (Å²) in [5.74, 6) is -0.242. The number of primary amides is 1. The van der Waals surface area contributed by atoms with E-state index < -0.39 is 6.03 Å². The number of aromatic nitrogens is 1. The highest BCUT2D eigenvalue weighted by molar-refractivity contribution is 7.17. The van der Waals surface area contributed by atoms with Crippen LogP contribution < -0.4 is 16.4 Å². The maximum atomic E-state index is 12.6. The lowest BCUT2D eigenvalue weighted by atomic mass is 10.2. The number of amides is 3. The minimum Gasteiger partial charge on any atom is -0.351 e. The summed E-state index contributed by atoms with van der Waals surface area (Å²) < 4.78 is 0. The van der Waals surface area contributed by atoms with Gasteiger partial charge < -0.3 is 16.4 Å². The van der Waals surface area contributed by atoms with Crippen LogP contribution in [0.2, 0.25) is 0 Å². The van der Waals surface area contributed by atoms with E-state index in [4.69, 9.17) is 5.73 Å². The predicted molar refractivity (Wildman–Crippen MR) is 99.9 cm³/mol. The lowest BCUT2D eigenvalue weighted by molar-refractivity contribution is 0.103. The van der Waals surface area contributed by atoms with E-state index in [0.717, 1.165) is 10.6 Å². The van der Waals surface area contributed by atoms with Crippen molar-refractivity contribution in [2.45, 2.75) is 6.92 Å². The molecule has 4 N–H and O–H groups in total. The second kappa shape index (κ2) is 7.14. The highest BCUT2D eigenvalue weighted by Gasteiger charge is 2.16. The SMILES string of the molecule is Cc1nc(-c2ccccc2)sc1C(=O)Nc1cccc(NC(N)=O)c1. The van der Waals surface area contributed by atoms with Gasteiger partial charge in [-0.3, -0.25) is 4.79 Å². The normalized spacial score (nSPS) is 10.3. The van der Waals surface area contributed by atoms with Crippen molar-refractivity contribution in [3.8, 4) is 10.6 Å². The molecule has 0 fully saturated rings. The third-order valence-electron chi connectivity index (χ3n) is 3.41. The summed E-state index contributed by atoms with van der Waals surface area (Å²) in [6, 6.07) is 15.8. The first kappa shape index (κ1) is 16.7. The number of nitrogens with zero attached hydrogens (tertiary/aromatic N) is 1. The molecule has 1 aromatic heterocycles. The Hall–Kier alpha value is -3.19. The molecule has 0 saturated carbocycles. The largest absolute Gasteiger partial charge is 0.351 e. The first-order valence-electron chi connectivity index (χ1n) is 7.53. The molecule has 3 rings (SSSR count). The van der Waals surface area contributed by atoms with Gasteiger partial charge in [-0.05, 0) is 25.1 Å². The van der Waals surface area contributed by atoms with Gasteiger partial charge in [0.2, 0.25) is 0 Å². The first-order chi connectivity index (χ1) is 12.0. The maximum Gasteiger partial charge on any atom is 0.316 e. The number of urea groups is 1. The average Bonchev–Trinajstić information content (AvgIpc) is 2.97. The van der Waals surface area contributed by atoms with Gasteiger partial charge in [0.25, 0.3) is 5.91 Å². The third-order valence-corrected chi connectivity index (χ3v) is 4.62. The van der Waals surface area contributed by atoms with E-state index in [0.29, 0.717) is 21.9 Å². The molecule has 0 spiro atoms. The molecule has 25 heavy (non-hydrogen) atoms. The van der Waals surface area contributed by atoms with Crippen LogP contribution in [0.25, 0.3) is 10.6 Å². The number of carbonyl (C=O) groups is 2. The van der Waals surface area contributed by atoms with Crippen molar-refractivity contribution in [2.75, 3.05) is 10.6 Å². The zero-order valence-corrected chi connectivity index (χ0v) is 14.3. The number of anilines is 2. The number of hydrogen-bond donors (Lipinski definition) is 3. The molecule has 6 nitrogen and oxygen atoms in total. The Morgan fingerprint density at radius 1 is 1.00 bits per heavy atom. The number of nitrogens with two attached hydrogens (primary N) is 1. The topological polar surface area (TPSA) is 97.1 Å². The van der Waals surface area contributed by atoms with E-state index in [-0.39, 0.29) is 5.91 Å². The number of hydrogen-bond acceptors (Lipinski definition) is 4. The van der Waals surface area contributed by atoms with E-state index in [1.165, 1.54) is 11.3 Å². The van der Waals surface area contributed by atoms with Crippen molar-refractivity contribution in [2.24, 2.45) is 5.73 Å². The van der Waals surface area contributed by atoms with Crippen LogP contribution in [0, 0.1) is 6.92 Å². The van der Waals surface area contributed by atoms with E-state index in [2.05, 4.69) is 15.6 Å². The fourth-order valence-electron chi connectivity index (χ4n) is 2.32. The summed E-state index contributed by atoms with van der Waals surface area (Å²) >= 11 is 1.34. The van der Waals surface area contributed by atoms with Crippen LogP contribution in [0.3, 0.4) is 0 Å². The fraction of sp³-hybridized carbons (Fsp3) is 0.0556. The molecule has 1 heterocycles. The molecule has 2 aromatic carbocycles. The highest BCUT2D eigenvalue weighted by Crippen LogP contribution is 2.28. The maximum absolute atomic E-state index is 12.6. The smallest absolute Gasteiger partial charge is 0.316 e. The second-order valence-corrected chi connectivity index (χ2v) is 6.32. The lowest BCUT2D eigenvalue weighted by Gasteiger charge is -2.07. The molecule has 0 radical (unpaired) electrons. The Labute approximate surface area is 148 Å². The van der Waals surface area contributed by atoms with Gasteiger partial charge in [-0.25, -0.2) is 9.78 Å². The zero-order valence-electron chi connectivity index (χ0n) is 13.4. The molecule has 7 heteroatoms. The fourth-order valence-corrected chi connectivity index (χ4v) is 3.28. The highest BCUT2D eigenvalue weighted by atomic mass is 32.1. The Kier molecular flexibility index (Phi) is 4.76. The first-order valence-corrected chi connectivity index (χ1v) is 8.35. The zero-order chi connectivity index (χ0) is 17.8. The van der Waals surface area contributed by atoms with E-state index in [9.17, 15) is 9.59 Å². The van der Waals surface area contributed by atoms with Crippen LogP contribution in [-0.2, 0) is 0 Å². The van der Waals surface area contributed by atoms with Crippen LogP contribution in [0.1, 0.15) is 15.4 Å². The number of nitrogens with one attached hydrogen (secondary N) is 2. The standard InChI is InChI=1S/C18H16N4O2S/c1-11-15(25-17(20-11)12-6-3-2-4-7-12)16(23)21-13-8-5-9-14(10-13)22-18(19)24/h2-10H,1H3,(H,21,23)(H3,19,22,24). The molecule has 126 valence electrons. The molecule has 3 aromatic rings. The molecule has 0 saturated heterocycles. The van der Waals surface area contributed by atoms with Gasteiger partial charge in [-0.1, -0.05) is 36.4 Å². The summed E-state index contributed by atoms with van der Waals surface area (Å²) in [7, 11) is 0. The number of thiazole rings is 1. The predicted octanol–water partition coefficient (Wildman–Crippen LogP) is 3.86. The Balaban J connectivity index is 1.80. The van der Waals surface area contributed by atoms with Crippen LogP contribution in [-0.4, -0.2) is 16.9 Å². The molecule has 3 amide bonds. The number of aryl methyl sites for hydroxylation is 1. The quantitative estimate of drug-likeness (QED) is 0.665. The van der Waals surface area contributed by atoms with Crippen molar-refractivity contribution in [1.82, 2.24) is 4.98 Å². The van der Waals surface area contributed by atoms with Crippen LogP contribution >= 0.6 is 11.3 Å². The summed E-state index contributed by atoms with van der Waals surface area (Å²) in [6.45, 7) is 1.81. The van der Waals surface area contributed by atoms with E-state index in [1.54, 1.807) is 24.3 Å². The van der Waals surface area contributed by atoms with Gasteiger partial charge in [-0.2, -0.15) is 0 Å². The average molecular weight is 352 g/mol. The summed E-state index contributed by atoms with van der Waals surface area (Å²) in [5.41, 5.74) is 7.82. The summed E-state index contributed by atoms with van der Waals surface area (Å²) in [5, 5.41) is 6.09. The number of rotatable bonds is 4. The number of carbonyl (C=O) groups excluding carboxylic acids is 2. The molecule has 0 unspecified atom stereocenters. The van der Waals surface area contributed by atoms with Gasteiger partial charge in [0.1, 0.15) is 9.88 Å². The van der Waals surface area contributed by atoms with E-state index >= 15 is 0 Å². The second-order valence-electron chi connectivity index (χ2n) is 5.32. The van der Waals surface area contributed by atoms with Crippen molar-refractivity contribution in [1.29, 1.82) is 0 Å². The molecule has 0 bridgehead atoms. The monoisotopic (exact) mass is 352 g/mol. The molecule has 0 aliphatic carbocycles. The summed E-state index contributed by atoms with van der Waals surface area (Å²) in [4.78, 5) is 28.5. The molecule has 0 aliphatic heterocycles. The van der Waals surface area contributed by atoms with Crippen molar-refractivity contribution < 1.29 is 9.59 Å². The van der Waals surface area contributed by atoms with Crippen molar-refractivity contribution in [3.05, 3.63) is 65.2 Å². The van der Waals surface area contributed by atoms with E-state index in [1.807, 2.05) is 37.3 Å². The molecule has 0 atom stereocenters. The lowest BCUT2D eigenvalue weighted by Crippen LogP contribution is -2.19. The van der Waals surface area contributed by atoms with Crippen molar-refractivity contribution >= 4 is 34.6 Å². The van der Waals surface area contributed by atoms with Gasteiger partial charge in [0, 0.05) is 16.9 Å². The molecular weight excluding hydrogens is 336 g/mol. The van der Waals surface area contributed by atoms with Crippen LogP contribution in [0.4, 0.5) is 16.2 Å². The Morgan fingerprint density at radius 2 is 1.68 bits per heavy atom. The minimum atomic E-state index is -0.658. The molecular formula is C18H16N4O2S. The summed E-state index contributed by atoms with van der Waals surface area (Å²) in [6.07, 6.45) is 0. The van der Waals surface area contributed by atoms with Crippen LogP contribution in [0.5, 0.6) is 0 Å². The third kappa shape index (κ3) is 4.02. The number of benzene rings is 2. The van der Waals surface area contributed by atoms with Gasteiger partial charge >= 0.3 is 6.03 Å². The van der Waals surface area contributed by atoms with Gasteiger partial charge in [-0.15, -0.1) is 11.3 Å². The Morgan fingerprint density at radius 3 is 2.36 bits per heavy atom. The van der Waals surface area contributed by atoms with Crippen molar-refractivity contribution in [3.63, 3.8) is 0 Å². The van der Waals surface area contributed by atoms with Gasteiger partial charge in [0.05, 0.1) is 5.69 Å². The minimum absolute atomic E-state index is 0.242. The molecule has 0 aliphatic rings. The van der Waals surface area contributed by atoms with Crippen LogP contribution in [0.15, 0.2) is 54.6 Å². The Bertz CT molecular complexity index is 922. The van der Waals surface area contributed by atoms with Gasteiger partial charge in [0.15, 0.2) is 0 Å².